The van der Waals surface area contributed by atoms with E-state index in [4.69, 9.17) is 4.42 Å². The Kier molecular flexibility index (Phi) is 3.48. The number of hydrogen-bond acceptors (Lipinski definition) is 6. The molecule has 0 amide bonds. The van der Waals surface area contributed by atoms with E-state index in [1.807, 2.05) is 24.3 Å². The highest BCUT2D eigenvalue weighted by Gasteiger charge is 2.17. The van der Waals surface area contributed by atoms with E-state index in [1.165, 1.54) is 17.6 Å². The molecular weight excluding hydrogens is 330 g/mol. The quantitative estimate of drug-likeness (QED) is 0.509. The SMILES string of the molecule is O=C(Sc1nc2ccccc2s1)c1coc2ccccc2c1=O. The fraction of sp³-hybridized carbons (Fsp3) is 0. The third kappa shape index (κ3) is 2.56. The molecule has 0 saturated carbocycles. The molecule has 0 aliphatic heterocycles. The molecular formula is C17H9NO3S2. The van der Waals surface area contributed by atoms with Crippen LogP contribution < -0.4 is 5.43 Å². The maximum absolute atomic E-state index is 12.4. The molecule has 0 radical (unpaired) electrons. The van der Waals surface area contributed by atoms with Crippen molar-refractivity contribution in [3.63, 3.8) is 0 Å². The summed E-state index contributed by atoms with van der Waals surface area (Å²) in [5, 5.41) is 0.0480. The first-order valence-corrected chi connectivity index (χ1v) is 8.44. The van der Waals surface area contributed by atoms with Gasteiger partial charge in [-0.15, -0.1) is 11.3 Å². The minimum atomic E-state index is -0.358. The number of rotatable bonds is 2. The molecule has 0 aliphatic rings. The Morgan fingerprint density at radius 1 is 1.09 bits per heavy atom. The minimum absolute atomic E-state index is 0.0351. The third-order valence-electron chi connectivity index (χ3n) is 3.35. The number of para-hydroxylation sites is 2. The van der Waals surface area contributed by atoms with E-state index >= 15 is 0 Å². The van der Waals surface area contributed by atoms with Gasteiger partial charge in [-0.3, -0.25) is 9.59 Å². The van der Waals surface area contributed by atoms with Gasteiger partial charge in [0.2, 0.25) is 10.5 Å². The molecule has 0 spiro atoms. The Labute approximate surface area is 138 Å². The molecule has 0 N–H and O–H groups in total. The van der Waals surface area contributed by atoms with Crippen LogP contribution in [0.5, 0.6) is 0 Å². The predicted octanol–water partition coefficient (Wildman–Crippen LogP) is 4.34. The van der Waals surface area contributed by atoms with Crippen LogP contribution in [-0.4, -0.2) is 10.1 Å². The second-order valence-electron chi connectivity index (χ2n) is 4.81. The van der Waals surface area contributed by atoms with Gasteiger partial charge in [-0.1, -0.05) is 24.3 Å². The van der Waals surface area contributed by atoms with Gasteiger partial charge in [0.25, 0.3) is 0 Å². The predicted molar refractivity (Wildman–Crippen MR) is 92.3 cm³/mol. The summed E-state index contributed by atoms with van der Waals surface area (Å²) in [6.07, 6.45) is 1.23. The largest absolute Gasteiger partial charge is 0.463 e. The zero-order valence-electron chi connectivity index (χ0n) is 11.7. The van der Waals surface area contributed by atoms with E-state index in [-0.39, 0.29) is 16.1 Å². The van der Waals surface area contributed by atoms with Crippen molar-refractivity contribution in [2.24, 2.45) is 0 Å². The molecule has 2 aromatic carbocycles. The highest BCUT2D eigenvalue weighted by molar-refractivity contribution is 8.15. The molecule has 2 heterocycles. The lowest BCUT2D eigenvalue weighted by molar-refractivity contribution is 0.108. The molecule has 4 aromatic rings. The van der Waals surface area contributed by atoms with Crippen LogP contribution in [0, 0.1) is 0 Å². The molecule has 4 rings (SSSR count). The Balaban J connectivity index is 1.71. The smallest absolute Gasteiger partial charge is 0.233 e. The molecule has 0 saturated heterocycles. The summed E-state index contributed by atoms with van der Waals surface area (Å²) in [4.78, 5) is 29.2. The summed E-state index contributed by atoms with van der Waals surface area (Å²) in [7, 11) is 0. The summed E-state index contributed by atoms with van der Waals surface area (Å²) >= 11 is 2.38. The highest BCUT2D eigenvalue weighted by atomic mass is 32.2. The van der Waals surface area contributed by atoms with Crippen molar-refractivity contribution in [2.45, 2.75) is 4.34 Å². The zero-order valence-corrected chi connectivity index (χ0v) is 13.3. The molecule has 4 nitrogen and oxygen atoms in total. The lowest BCUT2D eigenvalue weighted by Crippen LogP contribution is -2.12. The van der Waals surface area contributed by atoms with Crippen LogP contribution in [0.25, 0.3) is 21.2 Å². The van der Waals surface area contributed by atoms with E-state index in [0.29, 0.717) is 15.3 Å². The van der Waals surface area contributed by atoms with Crippen molar-refractivity contribution < 1.29 is 9.21 Å². The van der Waals surface area contributed by atoms with Crippen LogP contribution in [0.1, 0.15) is 10.4 Å². The Bertz CT molecular complexity index is 1060. The number of carbonyl (C=O) groups excluding carboxylic acids is 1. The minimum Gasteiger partial charge on any atom is -0.463 e. The van der Waals surface area contributed by atoms with Gasteiger partial charge >= 0.3 is 0 Å². The first kappa shape index (κ1) is 14.2. The maximum Gasteiger partial charge on any atom is 0.233 e. The third-order valence-corrected chi connectivity index (χ3v) is 5.36. The monoisotopic (exact) mass is 339 g/mol. The van der Waals surface area contributed by atoms with Crippen LogP contribution in [0.15, 0.2) is 68.3 Å². The van der Waals surface area contributed by atoms with Gasteiger partial charge in [0.05, 0.1) is 15.6 Å². The van der Waals surface area contributed by atoms with Gasteiger partial charge in [-0.2, -0.15) is 0 Å². The second kappa shape index (κ2) is 5.64. The number of aromatic nitrogens is 1. The maximum atomic E-state index is 12.4. The molecule has 0 aliphatic carbocycles. The number of thiazole rings is 1. The standard InChI is InChI=1S/C17H9NO3S2/c19-15-10-5-1-3-7-13(10)21-9-11(15)16(20)23-17-18-12-6-2-4-8-14(12)22-17/h1-9H. The van der Waals surface area contributed by atoms with Gasteiger partial charge in [0.15, 0.2) is 4.34 Å². The Morgan fingerprint density at radius 3 is 2.74 bits per heavy atom. The summed E-state index contributed by atoms with van der Waals surface area (Å²) in [5.74, 6) is 0. The summed E-state index contributed by atoms with van der Waals surface area (Å²) in [6, 6.07) is 14.5. The van der Waals surface area contributed by atoms with Crippen molar-refractivity contribution in [3.05, 3.63) is 70.6 Å². The topological polar surface area (TPSA) is 60.2 Å². The number of thioether (sulfide) groups is 1. The molecule has 2 aromatic heterocycles. The van der Waals surface area contributed by atoms with E-state index < -0.39 is 0 Å². The lowest BCUT2D eigenvalue weighted by Gasteiger charge is -1.99. The number of benzene rings is 2. The summed E-state index contributed by atoms with van der Waals surface area (Å²) < 4.78 is 7.01. The lowest BCUT2D eigenvalue weighted by atomic mass is 10.2. The Morgan fingerprint density at radius 2 is 1.87 bits per heavy atom. The number of nitrogens with zero attached hydrogens (tertiary/aromatic N) is 1. The fourth-order valence-electron chi connectivity index (χ4n) is 2.25. The molecule has 0 unspecified atom stereocenters. The van der Waals surface area contributed by atoms with Crippen LogP contribution >= 0.6 is 23.1 Å². The van der Waals surface area contributed by atoms with E-state index in [2.05, 4.69) is 4.98 Å². The van der Waals surface area contributed by atoms with Crippen LogP contribution in [0.4, 0.5) is 0 Å². The van der Waals surface area contributed by atoms with Crippen LogP contribution in [-0.2, 0) is 0 Å². The van der Waals surface area contributed by atoms with Crippen LogP contribution in [0.2, 0.25) is 0 Å². The second-order valence-corrected chi connectivity index (χ2v) is 7.06. The average Bonchev–Trinajstić information content (AvgIpc) is 2.97. The van der Waals surface area contributed by atoms with Crippen molar-refractivity contribution in [3.8, 4) is 0 Å². The first-order chi connectivity index (χ1) is 11.2. The highest BCUT2D eigenvalue weighted by Crippen LogP contribution is 2.31. The van der Waals surface area contributed by atoms with Gasteiger partial charge < -0.3 is 4.42 Å². The van der Waals surface area contributed by atoms with Crippen molar-refractivity contribution in [2.75, 3.05) is 0 Å². The fourth-order valence-corrected chi connectivity index (χ4v) is 4.16. The molecule has 0 bridgehead atoms. The molecule has 112 valence electrons. The van der Waals surface area contributed by atoms with E-state index in [0.717, 1.165) is 22.0 Å². The van der Waals surface area contributed by atoms with E-state index in [1.54, 1.807) is 24.3 Å². The normalized spacial score (nSPS) is 11.1. The van der Waals surface area contributed by atoms with E-state index in [9.17, 15) is 9.59 Å². The van der Waals surface area contributed by atoms with Gasteiger partial charge in [0, 0.05) is 0 Å². The average molecular weight is 339 g/mol. The van der Waals surface area contributed by atoms with Crippen molar-refractivity contribution in [1.82, 2.24) is 4.98 Å². The van der Waals surface area contributed by atoms with Crippen LogP contribution in [0.3, 0.4) is 0 Å². The van der Waals surface area contributed by atoms with Gasteiger partial charge in [-0.05, 0) is 36.0 Å². The summed E-state index contributed by atoms with van der Waals surface area (Å²) in [5.41, 5.74) is 1.04. The number of hydrogen-bond donors (Lipinski definition) is 0. The molecule has 6 heteroatoms. The number of fused-ring (bicyclic) bond motifs is 2. The first-order valence-electron chi connectivity index (χ1n) is 6.81. The Hall–Kier alpha value is -2.44. The van der Waals surface area contributed by atoms with Crippen molar-refractivity contribution in [1.29, 1.82) is 0 Å². The molecule has 23 heavy (non-hydrogen) atoms. The number of carbonyl (C=O) groups is 1. The van der Waals surface area contributed by atoms with Gasteiger partial charge in [0.1, 0.15) is 17.4 Å². The van der Waals surface area contributed by atoms with Crippen molar-refractivity contribution >= 4 is 49.4 Å². The summed E-state index contributed by atoms with van der Waals surface area (Å²) in [6.45, 7) is 0. The van der Waals surface area contributed by atoms with Gasteiger partial charge in [-0.25, -0.2) is 4.98 Å². The zero-order chi connectivity index (χ0) is 15.8. The molecule has 0 atom stereocenters. The molecule has 0 fully saturated rings.